The Morgan fingerprint density at radius 2 is 1.87 bits per heavy atom. The number of nitrogens with zero attached hydrogens (tertiary/aromatic N) is 1. The van der Waals surface area contributed by atoms with E-state index < -0.39 is 0 Å². The minimum absolute atomic E-state index is 0.728. The Balaban J connectivity index is 3.39. The van der Waals surface area contributed by atoms with Gasteiger partial charge in [-0.25, -0.2) is 0 Å². The van der Waals surface area contributed by atoms with E-state index in [1.807, 2.05) is 6.92 Å². The summed E-state index contributed by atoms with van der Waals surface area (Å²) in [4.78, 5) is 4.12. The summed E-state index contributed by atoms with van der Waals surface area (Å²) in [6.45, 7) is 7.49. The van der Waals surface area contributed by atoms with Crippen LogP contribution in [-0.4, -0.2) is 39.3 Å². The molecule has 0 saturated carbocycles. The zero-order valence-corrected chi connectivity index (χ0v) is 10.3. The Hall–Kier alpha value is -0.770. The van der Waals surface area contributed by atoms with Crippen molar-refractivity contribution in [2.75, 3.05) is 33.4 Å². The molecule has 4 nitrogen and oxygen atoms in total. The van der Waals surface area contributed by atoms with Gasteiger partial charge in [-0.05, 0) is 13.3 Å². The third-order valence-corrected chi connectivity index (χ3v) is 2.04. The zero-order valence-electron chi connectivity index (χ0n) is 10.3. The summed E-state index contributed by atoms with van der Waals surface area (Å²) >= 11 is 0. The van der Waals surface area contributed by atoms with Gasteiger partial charge in [0.1, 0.15) is 0 Å². The lowest BCUT2D eigenvalue weighted by atomic mass is 10.2. The minimum Gasteiger partial charge on any atom is -0.380 e. The predicted octanol–water partition coefficient (Wildman–Crippen LogP) is 1.38. The van der Waals surface area contributed by atoms with E-state index in [2.05, 4.69) is 22.5 Å². The molecule has 0 atom stereocenters. The van der Waals surface area contributed by atoms with Gasteiger partial charge >= 0.3 is 0 Å². The highest BCUT2D eigenvalue weighted by Crippen LogP contribution is 1.90. The van der Waals surface area contributed by atoms with Crippen molar-refractivity contribution >= 4 is 5.96 Å². The molecule has 0 bridgehead atoms. The topological polar surface area (TPSA) is 45.7 Å². The van der Waals surface area contributed by atoms with E-state index in [1.54, 1.807) is 7.05 Å². The quantitative estimate of drug-likeness (QED) is 0.365. The Morgan fingerprint density at radius 3 is 2.47 bits per heavy atom. The van der Waals surface area contributed by atoms with Gasteiger partial charge < -0.3 is 15.4 Å². The number of rotatable bonds is 8. The lowest BCUT2D eigenvalue weighted by Crippen LogP contribution is -2.39. The van der Waals surface area contributed by atoms with E-state index in [9.17, 15) is 0 Å². The summed E-state index contributed by atoms with van der Waals surface area (Å²) in [5.74, 6) is 0.866. The largest absolute Gasteiger partial charge is 0.380 e. The van der Waals surface area contributed by atoms with E-state index in [0.717, 1.165) is 32.3 Å². The van der Waals surface area contributed by atoms with Crippen molar-refractivity contribution in [3.8, 4) is 0 Å². The Bertz CT molecular complexity index is 146. The third kappa shape index (κ3) is 9.53. The monoisotopic (exact) mass is 215 g/mol. The summed E-state index contributed by atoms with van der Waals surface area (Å²) in [6.07, 6.45) is 3.71. The molecule has 0 radical (unpaired) electrons. The maximum Gasteiger partial charge on any atom is 0.191 e. The number of nitrogens with one attached hydrogen (secondary N) is 2. The minimum atomic E-state index is 0.728. The van der Waals surface area contributed by atoms with Gasteiger partial charge in [-0.1, -0.05) is 19.8 Å². The highest BCUT2D eigenvalue weighted by atomic mass is 16.5. The fourth-order valence-corrected chi connectivity index (χ4v) is 1.19. The Labute approximate surface area is 93.5 Å². The summed E-state index contributed by atoms with van der Waals surface area (Å²) < 4.78 is 5.23. The number of ether oxygens (including phenoxy) is 1. The molecular formula is C11H25N3O. The molecule has 0 aliphatic heterocycles. The first-order chi connectivity index (χ1) is 7.35. The van der Waals surface area contributed by atoms with Crippen LogP contribution < -0.4 is 10.6 Å². The van der Waals surface area contributed by atoms with Gasteiger partial charge in [0.2, 0.25) is 0 Å². The van der Waals surface area contributed by atoms with Crippen LogP contribution in [0.5, 0.6) is 0 Å². The summed E-state index contributed by atoms with van der Waals surface area (Å²) in [5, 5.41) is 6.46. The smallest absolute Gasteiger partial charge is 0.191 e. The van der Waals surface area contributed by atoms with Crippen molar-refractivity contribution in [2.45, 2.75) is 33.1 Å². The molecule has 0 aromatic rings. The summed E-state index contributed by atoms with van der Waals surface area (Å²) in [5.41, 5.74) is 0. The van der Waals surface area contributed by atoms with Crippen LogP contribution in [0.25, 0.3) is 0 Å². The van der Waals surface area contributed by atoms with Gasteiger partial charge in [-0.2, -0.15) is 0 Å². The lowest BCUT2D eigenvalue weighted by molar-refractivity contribution is 0.152. The van der Waals surface area contributed by atoms with Crippen LogP contribution in [0.3, 0.4) is 0 Å². The van der Waals surface area contributed by atoms with E-state index in [4.69, 9.17) is 4.74 Å². The molecule has 0 aromatic heterocycles. The van der Waals surface area contributed by atoms with Crippen LogP contribution in [0.4, 0.5) is 0 Å². The highest BCUT2D eigenvalue weighted by Gasteiger charge is 1.95. The first-order valence-corrected chi connectivity index (χ1v) is 5.87. The molecule has 0 aliphatic carbocycles. The molecular weight excluding hydrogens is 190 g/mol. The highest BCUT2D eigenvalue weighted by molar-refractivity contribution is 5.79. The molecule has 0 heterocycles. The van der Waals surface area contributed by atoms with Gasteiger partial charge in [-0.3, -0.25) is 4.99 Å². The number of hydrogen-bond acceptors (Lipinski definition) is 2. The fraction of sp³-hybridized carbons (Fsp3) is 0.909. The van der Waals surface area contributed by atoms with Crippen molar-refractivity contribution in [3.05, 3.63) is 0 Å². The van der Waals surface area contributed by atoms with Crippen molar-refractivity contribution < 1.29 is 4.74 Å². The number of hydrogen-bond donors (Lipinski definition) is 2. The van der Waals surface area contributed by atoms with Crippen molar-refractivity contribution in [3.63, 3.8) is 0 Å². The number of unbranched alkanes of at least 4 members (excludes halogenated alkanes) is 2. The molecule has 0 saturated heterocycles. The summed E-state index contributed by atoms with van der Waals surface area (Å²) in [6, 6.07) is 0. The van der Waals surface area contributed by atoms with E-state index in [0.29, 0.717) is 0 Å². The molecule has 0 fully saturated rings. The molecule has 0 spiro atoms. The molecule has 15 heavy (non-hydrogen) atoms. The average molecular weight is 215 g/mol. The van der Waals surface area contributed by atoms with Crippen LogP contribution in [-0.2, 0) is 4.74 Å². The van der Waals surface area contributed by atoms with Gasteiger partial charge in [0.15, 0.2) is 5.96 Å². The molecule has 0 amide bonds. The van der Waals surface area contributed by atoms with Crippen molar-refractivity contribution in [1.29, 1.82) is 0 Å². The van der Waals surface area contributed by atoms with Crippen LogP contribution in [0.15, 0.2) is 4.99 Å². The number of guanidine groups is 1. The van der Waals surface area contributed by atoms with Gasteiger partial charge in [0.05, 0.1) is 6.61 Å². The second-order valence-electron chi connectivity index (χ2n) is 3.33. The van der Waals surface area contributed by atoms with Gasteiger partial charge in [0.25, 0.3) is 0 Å². The first kappa shape index (κ1) is 14.2. The normalized spacial score (nSPS) is 11.5. The average Bonchev–Trinajstić information content (AvgIpc) is 2.27. The number of aliphatic imine (C=N–C) groups is 1. The van der Waals surface area contributed by atoms with Gasteiger partial charge in [0, 0.05) is 26.7 Å². The maximum absolute atomic E-state index is 5.23. The van der Waals surface area contributed by atoms with Crippen LogP contribution in [0, 0.1) is 0 Å². The Kier molecular flexibility index (Phi) is 10.7. The van der Waals surface area contributed by atoms with Crippen LogP contribution in [0.1, 0.15) is 33.1 Å². The molecule has 0 rings (SSSR count). The molecule has 2 N–H and O–H groups in total. The second-order valence-corrected chi connectivity index (χ2v) is 3.33. The Morgan fingerprint density at radius 1 is 1.13 bits per heavy atom. The van der Waals surface area contributed by atoms with Crippen molar-refractivity contribution in [1.82, 2.24) is 10.6 Å². The zero-order chi connectivity index (χ0) is 11.4. The van der Waals surface area contributed by atoms with E-state index >= 15 is 0 Å². The molecule has 0 aromatic carbocycles. The molecule has 90 valence electrons. The summed E-state index contributed by atoms with van der Waals surface area (Å²) in [7, 11) is 1.79. The first-order valence-electron chi connectivity index (χ1n) is 5.87. The lowest BCUT2D eigenvalue weighted by Gasteiger charge is -2.11. The SMILES string of the molecule is CCCCCNC(=NC)NCCOCC. The molecule has 0 unspecified atom stereocenters. The van der Waals surface area contributed by atoms with Crippen molar-refractivity contribution in [2.24, 2.45) is 4.99 Å². The molecule has 4 heteroatoms. The maximum atomic E-state index is 5.23. The van der Waals surface area contributed by atoms with E-state index in [1.165, 1.54) is 19.3 Å². The molecule has 0 aliphatic rings. The van der Waals surface area contributed by atoms with Crippen LogP contribution >= 0.6 is 0 Å². The second kappa shape index (κ2) is 11.3. The standard InChI is InChI=1S/C11H25N3O/c1-4-6-7-8-13-11(12-3)14-9-10-15-5-2/h4-10H2,1-3H3,(H2,12,13,14). The fourth-order valence-electron chi connectivity index (χ4n) is 1.19. The van der Waals surface area contributed by atoms with Gasteiger partial charge in [-0.15, -0.1) is 0 Å². The van der Waals surface area contributed by atoms with Crippen LogP contribution in [0.2, 0.25) is 0 Å². The predicted molar refractivity (Wildman–Crippen MR) is 65.4 cm³/mol. The van der Waals surface area contributed by atoms with E-state index in [-0.39, 0.29) is 0 Å². The third-order valence-electron chi connectivity index (χ3n) is 2.04.